The van der Waals surface area contributed by atoms with Gasteiger partial charge >= 0.3 is 0 Å². The van der Waals surface area contributed by atoms with Crippen LogP contribution in [0.3, 0.4) is 0 Å². The van der Waals surface area contributed by atoms with Gasteiger partial charge in [-0.15, -0.1) is 0 Å². The van der Waals surface area contributed by atoms with Crippen LogP contribution in [0.1, 0.15) is 60.5 Å². The molecule has 30 heavy (non-hydrogen) atoms. The first-order chi connectivity index (χ1) is 14.5. The van der Waals surface area contributed by atoms with E-state index in [1.807, 2.05) is 18.2 Å². The summed E-state index contributed by atoms with van der Waals surface area (Å²) in [5, 5.41) is 0. The first kappa shape index (κ1) is 21.7. The van der Waals surface area contributed by atoms with E-state index in [1.165, 1.54) is 12.7 Å². The monoisotopic (exact) mass is 410 g/mol. The molecule has 0 aromatic heterocycles. The van der Waals surface area contributed by atoms with Gasteiger partial charge in [0.15, 0.2) is 11.5 Å². The van der Waals surface area contributed by atoms with Crippen LogP contribution in [-0.4, -0.2) is 25.5 Å². The number of carbonyl (C=O) groups is 2. The Morgan fingerprint density at radius 1 is 1.10 bits per heavy atom. The Balaban J connectivity index is 1.60. The SMILES string of the molecule is COc1cc(C(=O)NNC(=O)C2CCCc3ccccc32)ccc1OCCC(C)C. The molecule has 160 valence electrons. The number of nitrogens with one attached hydrogen (secondary N) is 2. The number of fused-ring (bicyclic) bond motifs is 1. The van der Waals surface area contributed by atoms with Crippen LogP contribution in [-0.2, 0) is 11.2 Å². The van der Waals surface area contributed by atoms with Gasteiger partial charge in [0.2, 0.25) is 5.91 Å². The van der Waals surface area contributed by atoms with Gasteiger partial charge in [-0.05, 0) is 60.9 Å². The first-order valence-corrected chi connectivity index (χ1v) is 10.5. The number of carbonyl (C=O) groups excluding carboxylic acids is 2. The summed E-state index contributed by atoms with van der Waals surface area (Å²) < 4.78 is 11.1. The maximum Gasteiger partial charge on any atom is 0.269 e. The van der Waals surface area contributed by atoms with Crippen molar-refractivity contribution in [2.75, 3.05) is 13.7 Å². The molecule has 0 spiro atoms. The predicted octanol–water partition coefficient (Wildman–Crippen LogP) is 4.00. The molecule has 0 bridgehead atoms. The van der Waals surface area contributed by atoms with Crippen molar-refractivity contribution < 1.29 is 19.1 Å². The summed E-state index contributed by atoms with van der Waals surface area (Å²) >= 11 is 0. The lowest BCUT2D eigenvalue weighted by atomic mass is 9.82. The largest absolute Gasteiger partial charge is 0.493 e. The van der Waals surface area contributed by atoms with Crippen molar-refractivity contribution in [3.8, 4) is 11.5 Å². The third-order valence-electron chi connectivity index (χ3n) is 5.36. The Hall–Kier alpha value is -3.02. The van der Waals surface area contributed by atoms with Crippen molar-refractivity contribution in [1.82, 2.24) is 10.9 Å². The van der Waals surface area contributed by atoms with Crippen molar-refractivity contribution in [1.29, 1.82) is 0 Å². The normalized spacial score (nSPS) is 15.3. The number of hydrogen-bond donors (Lipinski definition) is 2. The average Bonchev–Trinajstić information content (AvgIpc) is 2.76. The molecule has 2 N–H and O–H groups in total. The van der Waals surface area contributed by atoms with Crippen molar-refractivity contribution in [2.45, 2.75) is 45.4 Å². The van der Waals surface area contributed by atoms with Gasteiger partial charge in [0.1, 0.15) is 0 Å². The molecule has 0 heterocycles. The number of benzene rings is 2. The summed E-state index contributed by atoms with van der Waals surface area (Å²) in [7, 11) is 1.54. The van der Waals surface area contributed by atoms with Gasteiger partial charge in [-0.2, -0.15) is 0 Å². The Labute approximate surface area is 177 Å². The summed E-state index contributed by atoms with van der Waals surface area (Å²) in [5.74, 6) is 0.773. The second-order valence-corrected chi connectivity index (χ2v) is 7.98. The molecule has 0 fully saturated rings. The van der Waals surface area contributed by atoms with Crippen LogP contribution in [0.15, 0.2) is 42.5 Å². The fourth-order valence-corrected chi connectivity index (χ4v) is 3.64. The molecule has 6 heteroatoms. The Kier molecular flexibility index (Phi) is 7.33. The molecule has 0 saturated heterocycles. The van der Waals surface area contributed by atoms with Gasteiger partial charge < -0.3 is 9.47 Å². The highest BCUT2D eigenvalue weighted by molar-refractivity contribution is 5.96. The van der Waals surface area contributed by atoms with E-state index in [4.69, 9.17) is 9.47 Å². The zero-order valence-electron chi connectivity index (χ0n) is 17.9. The minimum Gasteiger partial charge on any atom is -0.493 e. The minimum atomic E-state index is -0.403. The molecular weight excluding hydrogens is 380 g/mol. The molecule has 2 aromatic carbocycles. The van der Waals surface area contributed by atoms with E-state index < -0.39 is 5.91 Å². The number of hydrazine groups is 1. The van der Waals surface area contributed by atoms with Crippen molar-refractivity contribution in [3.63, 3.8) is 0 Å². The second kappa shape index (κ2) is 10.1. The highest BCUT2D eigenvalue weighted by Gasteiger charge is 2.26. The van der Waals surface area contributed by atoms with Crippen LogP contribution in [0, 0.1) is 5.92 Å². The van der Waals surface area contributed by atoms with Gasteiger partial charge in [0.25, 0.3) is 5.91 Å². The van der Waals surface area contributed by atoms with Crippen molar-refractivity contribution in [3.05, 3.63) is 59.2 Å². The van der Waals surface area contributed by atoms with E-state index in [1.54, 1.807) is 18.2 Å². The molecule has 1 atom stereocenters. The van der Waals surface area contributed by atoms with Crippen LogP contribution in [0.25, 0.3) is 0 Å². The van der Waals surface area contributed by atoms with Gasteiger partial charge in [0.05, 0.1) is 19.6 Å². The zero-order valence-corrected chi connectivity index (χ0v) is 17.9. The molecule has 0 aliphatic heterocycles. The second-order valence-electron chi connectivity index (χ2n) is 7.98. The molecule has 1 unspecified atom stereocenters. The highest BCUT2D eigenvalue weighted by atomic mass is 16.5. The maximum absolute atomic E-state index is 12.7. The van der Waals surface area contributed by atoms with E-state index in [-0.39, 0.29) is 11.8 Å². The third-order valence-corrected chi connectivity index (χ3v) is 5.36. The molecule has 2 aromatic rings. The number of methoxy groups -OCH3 is 1. The fraction of sp³-hybridized carbons (Fsp3) is 0.417. The fourth-order valence-electron chi connectivity index (χ4n) is 3.64. The molecule has 6 nitrogen and oxygen atoms in total. The van der Waals surface area contributed by atoms with Crippen molar-refractivity contribution in [2.24, 2.45) is 5.92 Å². The van der Waals surface area contributed by atoms with Crippen LogP contribution in [0.5, 0.6) is 11.5 Å². The number of aryl methyl sites for hydroxylation is 1. The van der Waals surface area contributed by atoms with E-state index in [0.717, 1.165) is 31.2 Å². The first-order valence-electron chi connectivity index (χ1n) is 10.5. The summed E-state index contributed by atoms with van der Waals surface area (Å²) in [4.78, 5) is 25.2. The lowest BCUT2D eigenvalue weighted by Crippen LogP contribution is -2.44. The van der Waals surface area contributed by atoms with Crippen LogP contribution >= 0.6 is 0 Å². The molecule has 1 aliphatic carbocycles. The summed E-state index contributed by atoms with van der Waals surface area (Å²) in [6, 6.07) is 13.0. The smallest absolute Gasteiger partial charge is 0.269 e. The average molecular weight is 411 g/mol. The molecule has 0 radical (unpaired) electrons. The van der Waals surface area contributed by atoms with E-state index in [0.29, 0.717) is 29.6 Å². The number of amides is 2. The standard InChI is InChI=1S/C24H30N2O4/c1-16(2)13-14-30-21-12-11-18(15-22(21)29-3)23(27)25-26-24(28)20-10-6-8-17-7-4-5-9-19(17)20/h4-5,7,9,11-12,15-16,20H,6,8,10,13-14H2,1-3H3,(H,25,27)(H,26,28). The van der Waals surface area contributed by atoms with Crippen molar-refractivity contribution >= 4 is 11.8 Å². The quantitative estimate of drug-likeness (QED) is 0.677. The van der Waals surface area contributed by atoms with E-state index >= 15 is 0 Å². The minimum absolute atomic E-state index is 0.198. The molecule has 0 saturated carbocycles. The van der Waals surface area contributed by atoms with Crippen LogP contribution < -0.4 is 20.3 Å². The molecule has 1 aliphatic rings. The van der Waals surface area contributed by atoms with E-state index in [9.17, 15) is 9.59 Å². The van der Waals surface area contributed by atoms with Crippen LogP contribution in [0.2, 0.25) is 0 Å². The Morgan fingerprint density at radius 3 is 2.67 bits per heavy atom. The summed E-state index contributed by atoms with van der Waals surface area (Å²) in [5.41, 5.74) is 7.73. The predicted molar refractivity (Wildman–Crippen MR) is 116 cm³/mol. The number of rotatable bonds is 7. The van der Waals surface area contributed by atoms with Gasteiger partial charge in [-0.1, -0.05) is 38.1 Å². The zero-order chi connectivity index (χ0) is 21.5. The Morgan fingerprint density at radius 2 is 1.90 bits per heavy atom. The molecule has 3 rings (SSSR count). The lowest BCUT2D eigenvalue weighted by molar-refractivity contribution is -0.123. The molecular formula is C24H30N2O4. The topological polar surface area (TPSA) is 76.7 Å². The maximum atomic E-state index is 12.7. The van der Waals surface area contributed by atoms with Gasteiger partial charge in [-0.3, -0.25) is 20.4 Å². The lowest BCUT2D eigenvalue weighted by Gasteiger charge is -2.24. The summed E-state index contributed by atoms with van der Waals surface area (Å²) in [6.45, 7) is 4.85. The van der Waals surface area contributed by atoms with Gasteiger partial charge in [0, 0.05) is 5.56 Å². The Bertz CT molecular complexity index is 895. The van der Waals surface area contributed by atoms with Gasteiger partial charge in [-0.25, -0.2) is 0 Å². The third kappa shape index (κ3) is 5.32. The molecule has 2 amide bonds. The highest BCUT2D eigenvalue weighted by Crippen LogP contribution is 2.31. The van der Waals surface area contributed by atoms with E-state index in [2.05, 4.69) is 30.8 Å². The number of ether oxygens (including phenoxy) is 2. The number of hydrogen-bond acceptors (Lipinski definition) is 4. The summed E-state index contributed by atoms with van der Waals surface area (Å²) in [6.07, 6.45) is 3.65. The van der Waals surface area contributed by atoms with Crippen LogP contribution in [0.4, 0.5) is 0 Å².